The number of aromatic hydroxyl groups is 2. The number of benzene rings is 6. The molecule has 2 N–H and O–H groups in total. The van der Waals surface area contributed by atoms with Gasteiger partial charge in [0.2, 0.25) is 0 Å². The topological polar surface area (TPSA) is 93.1 Å². The van der Waals surface area contributed by atoms with Crippen molar-refractivity contribution in [3.05, 3.63) is 167 Å². The van der Waals surface area contributed by atoms with E-state index in [2.05, 4.69) is 9.80 Å². The lowest BCUT2D eigenvalue weighted by Gasteiger charge is -2.61. The summed E-state index contributed by atoms with van der Waals surface area (Å²) in [4.78, 5) is 4.16. The van der Waals surface area contributed by atoms with Crippen LogP contribution >= 0.6 is 0 Å². The molecule has 1 fully saturated rings. The van der Waals surface area contributed by atoms with Crippen molar-refractivity contribution in [1.29, 1.82) is 0 Å². The highest BCUT2D eigenvalue weighted by molar-refractivity contribution is 5.82. The highest BCUT2D eigenvalue weighted by atomic mass is 16.3. The summed E-state index contributed by atoms with van der Waals surface area (Å²) in [5.41, 5.74) is 10.2. The molecule has 0 aromatic heterocycles. The van der Waals surface area contributed by atoms with Crippen molar-refractivity contribution in [1.82, 2.24) is 0 Å². The third-order valence-corrected chi connectivity index (χ3v) is 10.1. The molecule has 0 saturated heterocycles. The predicted molar refractivity (Wildman–Crippen MR) is 198 cm³/mol. The molecule has 0 bridgehead atoms. The predicted octanol–water partition coefficient (Wildman–Crippen LogP) is 8.61. The molecule has 0 aliphatic heterocycles. The Labute approximate surface area is 293 Å². The van der Waals surface area contributed by atoms with Crippen LogP contribution in [-0.4, -0.2) is 22.4 Å². The van der Waals surface area contributed by atoms with Gasteiger partial charge in [-0.2, -0.15) is 0 Å². The van der Waals surface area contributed by atoms with E-state index in [0.717, 1.165) is 56.4 Å². The standard InChI is InChI=1S/C44H40N2O4/c1-27-13-5-9-17-35(27)45(36-18-10-6-14-28(36)2)31-21-23-33(39(47)25-31)41-43(49)42(44(41)50)34-24-22-32(26-40(34)48)46(37-19-11-7-15-29(37)3)38-20-12-8-16-30(38)4/h5-26,41-44,47-48H,1-4H3/q-2. The second-order valence-electron chi connectivity index (χ2n) is 13.3. The minimum atomic E-state index is -1.33. The average Bonchev–Trinajstić information content (AvgIpc) is 3.10. The first-order valence-corrected chi connectivity index (χ1v) is 17.0. The van der Waals surface area contributed by atoms with Crippen LogP contribution in [0.15, 0.2) is 133 Å². The highest BCUT2D eigenvalue weighted by Gasteiger charge is 2.41. The number of nitrogens with zero attached hydrogens (tertiary/aromatic N) is 2. The fourth-order valence-electron chi connectivity index (χ4n) is 7.36. The Morgan fingerprint density at radius 1 is 0.420 bits per heavy atom. The number of phenols is 2. The van der Waals surface area contributed by atoms with E-state index in [4.69, 9.17) is 0 Å². The lowest BCUT2D eigenvalue weighted by atomic mass is 9.63. The number of hydrogen-bond acceptors (Lipinski definition) is 6. The van der Waals surface area contributed by atoms with Gasteiger partial charge in [0.25, 0.3) is 0 Å². The molecular weight excluding hydrogens is 620 g/mol. The maximum Gasteiger partial charge on any atom is 0.121 e. The van der Waals surface area contributed by atoms with E-state index < -0.39 is 24.0 Å². The van der Waals surface area contributed by atoms with Crippen LogP contribution in [0.5, 0.6) is 11.5 Å². The molecule has 6 nitrogen and oxygen atoms in total. The van der Waals surface area contributed by atoms with Crippen molar-refractivity contribution < 1.29 is 20.4 Å². The van der Waals surface area contributed by atoms with Crippen LogP contribution in [0.2, 0.25) is 0 Å². The third kappa shape index (κ3) is 5.76. The Balaban J connectivity index is 1.19. The van der Waals surface area contributed by atoms with E-state index in [0.29, 0.717) is 11.1 Å². The lowest BCUT2D eigenvalue weighted by Crippen LogP contribution is -2.63. The Morgan fingerprint density at radius 2 is 0.700 bits per heavy atom. The normalized spacial score (nSPS) is 18.4. The van der Waals surface area contributed by atoms with Crippen molar-refractivity contribution >= 4 is 34.1 Å². The molecule has 0 amide bonds. The number of rotatable bonds is 8. The highest BCUT2D eigenvalue weighted by Crippen LogP contribution is 2.51. The number of hydrogen-bond donors (Lipinski definition) is 2. The molecule has 1 aliphatic carbocycles. The van der Waals surface area contributed by atoms with Gasteiger partial charge in [0.1, 0.15) is 11.5 Å². The summed E-state index contributed by atoms with van der Waals surface area (Å²) in [7, 11) is 0. The zero-order valence-corrected chi connectivity index (χ0v) is 28.6. The maximum atomic E-state index is 13.8. The van der Waals surface area contributed by atoms with Crippen molar-refractivity contribution in [3.8, 4) is 11.5 Å². The van der Waals surface area contributed by atoms with Crippen LogP contribution in [0.1, 0.15) is 45.2 Å². The van der Waals surface area contributed by atoms with Gasteiger partial charge in [0, 0.05) is 46.3 Å². The molecule has 7 rings (SSSR count). The SMILES string of the molecule is Cc1ccccc1N(c1ccc(C2C([O-])C(c3ccc(N(c4ccccc4C)c4ccccc4C)cc3O)C2[O-])c(O)c1)c1ccccc1C. The summed E-state index contributed by atoms with van der Waals surface area (Å²) in [5, 5.41) is 50.3. The summed E-state index contributed by atoms with van der Waals surface area (Å²) in [6, 6.07) is 42.5. The van der Waals surface area contributed by atoms with Crippen molar-refractivity contribution in [2.45, 2.75) is 51.7 Å². The van der Waals surface area contributed by atoms with Crippen LogP contribution in [-0.2, 0) is 0 Å². The molecule has 6 aromatic rings. The second-order valence-corrected chi connectivity index (χ2v) is 13.3. The molecule has 6 heteroatoms. The monoisotopic (exact) mass is 660 g/mol. The van der Waals surface area contributed by atoms with Gasteiger partial charge in [-0.15, -0.1) is 12.2 Å². The summed E-state index contributed by atoms with van der Waals surface area (Å²) in [6.45, 7) is 8.16. The average molecular weight is 661 g/mol. The summed E-state index contributed by atoms with van der Waals surface area (Å²) in [6.07, 6.45) is -2.67. The molecule has 1 saturated carbocycles. The van der Waals surface area contributed by atoms with Gasteiger partial charge < -0.3 is 30.2 Å². The van der Waals surface area contributed by atoms with Gasteiger partial charge >= 0.3 is 0 Å². The van der Waals surface area contributed by atoms with Crippen LogP contribution in [0.3, 0.4) is 0 Å². The van der Waals surface area contributed by atoms with Gasteiger partial charge in [-0.3, -0.25) is 0 Å². The van der Waals surface area contributed by atoms with Gasteiger partial charge in [0.05, 0.1) is 0 Å². The molecule has 6 aromatic carbocycles. The number of aryl methyl sites for hydroxylation is 4. The summed E-state index contributed by atoms with van der Waals surface area (Å²) >= 11 is 0. The Morgan fingerprint density at radius 3 is 0.960 bits per heavy atom. The van der Waals surface area contributed by atoms with E-state index in [9.17, 15) is 20.4 Å². The van der Waals surface area contributed by atoms with Crippen molar-refractivity contribution in [2.24, 2.45) is 0 Å². The fourth-order valence-corrected chi connectivity index (χ4v) is 7.36. The molecule has 0 radical (unpaired) electrons. The molecular formula is C44H40N2O4-2. The molecule has 0 heterocycles. The molecule has 252 valence electrons. The van der Waals surface area contributed by atoms with Crippen LogP contribution in [0.25, 0.3) is 0 Å². The Kier molecular flexibility index (Phi) is 8.83. The van der Waals surface area contributed by atoms with Crippen molar-refractivity contribution in [3.63, 3.8) is 0 Å². The minimum absolute atomic E-state index is 0.0912. The van der Waals surface area contributed by atoms with Gasteiger partial charge in [0.15, 0.2) is 0 Å². The molecule has 0 unspecified atom stereocenters. The zero-order chi connectivity index (χ0) is 35.1. The third-order valence-electron chi connectivity index (χ3n) is 10.1. The van der Waals surface area contributed by atoms with Gasteiger partial charge in [-0.1, -0.05) is 84.9 Å². The second kappa shape index (κ2) is 13.4. The van der Waals surface area contributed by atoms with E-state index in [1.54, 1.807) is 24.3 Å². The van der Waals surface area contributed by atoms with Crippen LogP contribution in [0.4, 0.5) is 34.1 Å². The summed E-state index contributed by atoms with van der Waals surface area (Å²) in [5.74, 6) is -2.08. The molecule has 0 spiro atoms. The quantitative estimate of drug-likeness (QED) is 0.170. The summed E-state index contributed by atoms with van der Waals surface area (Å²) < 4.78 is 0. The number of anilines is 6. The zero-order valence-electron chi connectivity index (χ0n) is 28.6. The van der Waals surface area contributed by atoms with Crippen LogP contribution in [0, 0.1) is 27.7 Å². The van der Waals surface area contributed by atoms with Gasteiger partial charge in [-0.25, -0.2) is 0 Å². The first-order chi connectivity index (χ1) is 24.2. The van der Waals surface area contributed by atoms with Crippen molar-refractivity contribution in [2.75, 3.05) is 9.80 Å². The maximum absolute atomic E-state index is 13.8. The lowest BCUT2D eigenvalue weighted by molar-refractivity contribution is -0.536. The van der Waals surface area contributed by atoms with Crippen LogP contribution < -0.4 is 20.0 Å². The number of para-hydroxylation sites is 4. The molecule has 50 heavy (non-hydrogen) atoms. The fraction of sp³-hybridized carbons (Fsp3) is 0.182. The minimum Gasteiger partial charge on any atom is -0.851 e. The molecule has 1 aliphatic rings. The van der Waals surface area contributed by atoms with Gasteiger partial charge in [-0.05, 0) is 109 Å². The smallest absolute Gasteiger partial charge is 0.121 e. The first kappa shape index (κ1) is 33.0. The Bertz CT molecular complexity index is 1930. The van der Waals surface area contributed by atoms with E-state index >= 15 is 0 Å². The first-order valence-electron chi connectivity index (χ1n) is 17.0. The number of phenolic OH excluding ortho intramolecular Hbond substituents is 2. The van der Waals surface area contributed by atoms with E-state index in [1.807, 2.05) is 137 Å². The largest absolute Gasteiger partial charge is 0.851 e. The molecule has 0 atom stereocenters. The van der Waals surface area contributed by atoms with E-state index in [1.165, 1.54) is 0 Å². The van der Waals surface area contributed by atoms with E-state index in [-0.39, 0.29) is 11.5 Å². The Hall–Kier alpha value is -5.56.